The number of carbonyl (C=O) groups is 1. The average Bonchev–Trinajstić information content (AvgIpc) is 0.723. The molecule has 540 valence electrons. The van der Waals surface area contributed by atoms with Gasteiger partial charge in [-0.2, -0.15) is 0 Å². The van der Waals surface area contributed by atoms with Gasteiger partial charge in [0.2, 0.25) is 6.29 Å². The second kappa shape index (κ2) is 26.8. The standard InChI is InChI=1S/C63H102O31/c1-24-34(71)37(74)39(76)51(86-24)90-44-31(70)20-83-50(41(44)78)89-43-25(2)87-53(42(79)45(43)91-55-48(80)63(82,22-66)23-85-55)92-46-35(72)30(69)19-84-54(46)94-56(81)62-13-11-57(3,4)15-27(62)26-9-10-33-58(5)16-29(68)49(93-52-40(77)38(75)36(73)32(18-64)88-52)59(6,21-65)47(58)28(67)17-61(33,8)60(26,7)12-14-62/h9,24-25,27-55,64-80,82H,10-23H2,1-8H3/t24-,25-,27-,28+,29-,30-,31+,32+,33+,34-,35-,36+,37+,38-,39+,40+,41+,42+,43-,44-,45-,46+,47+,48-,49-,50-,51-,52-,53-,54-,55-,58+,59-,60+,61+,62-,63+/m0/s1. The molecule has 31 heteroatoms. The van der Waals surface area contributed by atoms with Gasteiger partial charge in [-0.3, -0.25) is 4.79 Å². The lowest BCUT2D eigenvalue weighted by Crippen LogP contribution is -2.72. The molecule has 37 atom stereocenters. The second-order valence-electron chi connectivity index (χ2n) is 30.8. The van der Waals surface area contributed by atoms with Crippen molar-refractivity contribution in [3.8, 4) is 0 Å². The van der Waals surface area contributed by atoms with E-state index in [9.17, 15) is 91.9 Å². The fourth-order valence-electron chi connectivity index (χ4n) is 18.9. The highest BCUT2D eigenvalue weighted by atomic mass is 16.8. The second-order valence-corrected chi connectivity index (χ2v) is 30.8. The van der Waals surface area contributed by atoms with Crippen LogP contribution in [0.1, 0.15) is 107 Å². The molecular formula is C63H102O31. The summed E-state index contributed by atoms with van der Waals surface area (Å²) >= 11 is 0. The molecule has 0 bridgehead atoms. The summed E-state index contributed by atoms with van der Waals surface area (Å²) in [4.78, 5) is 15.7. The van der Waals surface area contributed by atoms with E-state index in [1.54, 1.807) is 6.92 Å². The zero-order chi connectivity index (χ0) is 68.6. The molecule has 11 aliphatic rings. The van der Waals surface area contributed by atoms with Gasteiger partial charge in [-0.1, -0.05) is 53.2 Å². The van der Waals surface area contributed by atoms with E-state index in [1.165, 1.54) is 13.8 Å². The molecule has 0 unspecified atom stereocenters. The first-order valence-corrected chi connectivity index (χ1v) is 33.1. The Bertz CT molecular complexity index is 2680. The molecule has 10 fully saturated rings. The number of esters is 1. The van der Waals surface area contributed by atoms with E-state index in [2.05, 4.69) is 33.8 Å². The molecule has 11 rings (SSSR count). The fraction of sp³-hybridized carbons (Fsp3) is 0.952. The molecule has 6 heterocycles. The predicted octanol–water partition coefficient (Wildman–Crippen LogP) is -5.50. The third-order valence-electron chi connectivity index (χ3n) is 24.5. The van der Waals surface area contributed by atoms with Crippen LogP contribution in [0.3, 0.4) is 0 Å². The minimum atomic E-state index is -2.24. The lowest BCUT2D eigenvalue weighted by atomic mass is 9.33. The normalized spacial score (nSPS) is 55.9. The van der Waals surface area contributed by atoms with Gasteiger partial charge in [0.15, 0.2) is 37.6 Å². The molecule has 94 heavy (non-hydrogen) atoms. The summed E-state index contributed by atoms with van der Waals surface area (Å²) in [7, 11) is 0. The first-order chi connectivity index (χ1) is 44.0. The highest BCUT2D eigenvalue weighted by Crippen LogP contribution is 2.76. The van der Waals surface area contributed by atoms with E-state index in [0.29, 0.717) is 32.1 Å². The minimum Gasteiger partial charge on any atom is -0.432 e. The Kier molecular flexibility index (Phi) is 20.9. The molecule has 0 radical (unpaired) electrons. The van der Waals surface area contributed by atoms with Gasteiger partial charge in [0, 0.05) is 11.3 Å². The summed E-state index contributed by atoms with van der Waals surface area (Å²) in [5.74, 6) is -2.09. The van der Waals surface area contributed by atoms with Crippen molar-refractivity contribution in [3.63, 3.8) is 0 Å². The molecule has 31 nitrogen and oxygen atoms in total. The molecule has 0 spiro atoms. The van der Waals surface area contributed by atoms with Crippen molar-refractivity contribution in [2.75, 3.05) is 39.6 Å². The van der Waals surface area contributed by atoms with E-state index >= 15 is 4.79 Å². The molecule has 4 saturated carbocycles. The van der Waals surface area contributed by atoms with Crippen molar-refractivity contribution >= 4 is 5.97 Å². The van der Waals surface area contributed by atoms with E-state index in [0.717, 1.165) is 5.57 Å². The zero-order valence-electron chi connectivity index (χ0n) is 54.2. The van der Waals surface area contributed by atoms with E-state index in [4.69, 9.17) is 56.8 Å². The summed E-state index contributed by atoms with van der Waals surface area (Å²) in [6.45, 7) is 11.1. The molecule has 0 amide bonds. The number of hydrogen-bond donors (Lipinski definition) is 18. The number of carbonyl (C=O) groups excluding carboxylic acids is 1. The number of hydrogen-bond acceptors (Lipinski definition) is 31. The van der Waals surface area contributed by atoms with Gasteiger partial charge in [0.1, 0.15) is 103 Å². The highest BCUT2D eigenvalue weighted by molar-refractivity contribution is 5.79. The Morgan fingerprint density at radius 1 is 0.532 bits per heavy atom. The van der Waals surface area contributed by atoms with Gasteiger partial charge in [-0.15, -0.1) is 0 Å². The third kappa shape index (κ3) is 12.1. The van der Waals surface area contributed by atoms with Crippen molar-refractivity contribution in [2.24, 2.45) is 50.2 Å². The Balaban J connectivity index is 0.838. The molecule has 0 aromatic rings. The van der Waals surface area contributed by atoms with Crippen LogP contribution in [-0.2, 0) is 61.6 Å². The quantitative estimate of drug-likeness (QED) is 0.0413. The van der Waals surface area contributed by atoms with Crippen LogP contribution in [0.5, 0.6) is 0 Å². The van der Waals surface area contributed by atoms with Crippen LogP contribution >= 0.6 is 0 Å². The monoisotopic (exact) mass is 1350 g/mol. The van der Waals surface area contributed by atoms with E-state index < -0.39 is 262 Å². The Morgan fingerprint density at radius 2 is 1.12 bits per heavy atom. The van der Waals surface area contributed by atoms with Gasteiger partial charge in [0.25, 0.3) is 0 Å². The van der Waals surface area contributed by atoms with Crippen LogP contribution in [0.25, 0.3) is 0 Å². The van der Waals surface area contributed by atoms with Gasteiger partial charge in [-0.05, 0) is 98.7 Å². The number of aliphatic hydroxyl groups excluding tert-OH is 17. The maximum absolute atomic E-state index is 15.7. The highest BCUT2D eigenvalue weighted by Gasteiger charge is 2.74. The molecule has 6 saturated heterocycles. The smallest absolute Gasteiger partial charge is 0.315 e. The number of fused-ring (bicyclic) bond motifs is 7. The van der Waals surface area contributed by atoms with Crippen LogP contribution in [-0.4, -0.2) is 315 Å². The number of rotatable bonds is 15. The van der Waals surface area contributed by atoms with Gasteiger partial charge >= 0.3 is 5.97 Å². The molecule has 18 N–H and O–H groups in total. The van der Waals surface area contributed by atoms with Crippen LogP contribution in [0.15, 0.2) is 11.6 Å². The van der Waals surface area contributed by atoms with Crippen LogP contribution in [0, 0.1) is 50.2 Å². The maximum Gasteiger partial charge on any atom is 0.315 e. The first kappa shape index (κ1) is 73.3. The van der Waals surface area contributed by atoms with Crippen molar-refractivity contribution in [1.29, 1.82) is 0 Å². The molecule has 0 aromatic carbocycles. The van der Waals surface area contributed by atoms with Crippen molar-refractivity contribution < 1.29 is 154 Å². The van der Waals surface area contributed by atoms with Crippen LogP contribution in [0.4, 0.5) is 0 Å². The summed E-state index contributed by atoms with van der Waals surface area (Å²) in [6, 6.07) is 0. The first-order valence-electron chi connectivity index (χ1n) is 33.1. The fourth-order valence-corrected chi connectivity index (χ4v) is 18.9. The maximum atomic E-state index is 15.7. The van der Waals surface area contributed by atoms with Crippen molar-refractivity contribution in [1.82, 2.24) is 0 Å². The summed E-state index contributed by atoms with van der Waals surface area (Å²) in [6.07, 6.45) is -40.9. The summed E-state index contributed by atoms with van der Waals surface area (Å²) < 4.78 is 72.0. The number of aliphatic hydroxyl groups is 18. The molecule has 0 aromatic heterocycles. The lowest BCUT2D eigenvalue weighted by Gasteiger charge is -2.72. The van der Waals surface area contributed by atoms with E-state index in [1.807, 2.05) is 6.92 Å². The van der Waals surface area contributed by atoms with Gasteiger partial charge in [0.05, 0.1) is 75.6 Å². The average molecular weight is 1360 g/mol. The predicted molar refractivity (Wildman–Crippen MR) is 311 cm³/mol. The van der Waals surface area contributed by atoms with Crippen LogP contribution < -0.4 is 0 Å². The molecule has 6 aliphatic heterocycles. The summed E-state index contributed by atoms with van der Waals surface area (Å²) in [5.41, 5.74) is -6.39. The number of allylic oxidation sites excluding steroid dienone is 2. The third-order valence-corrected chi connectivity index (χ3v) is 24.5. The lowest BCUT2D eigenvalue weighted by molar-refractivity contribution is -0.387. The Morgan fingerprint density at radius 3 is 1.78 bits per heavy atom. The molecular weight excluding hydrogens is 1250 g/mol. The SMILES string of the molecule is C[C@@H]1O[C@@H](O[C@@H]2[C@@H](O)[C@H](O[C@@H]3[C@@H](O[C@@H]4OC[C@](O)(CO)[C@H]4O)[C@@H](O)[C@H](O[C@H]4[C@H](OC(=O)[C@]56CCC(C)(C)C[C@H]5C5=CC[C@@H]7[C@@]8(C)C[C@H](O)[C@H](O[C@@H]9O[C@H](CO)[C@@H](O)[C@H](O)[C@H]9O)[C@@](C)(CO)[C@@H]8[C@H](O)C[C@@]7(C)[C@]5(C)CC6)OC[C@H](O)[C@@H]4O)O[C@H]3C)OC[C@H]2O)[C@H](O)[C@H](O)[C@H]1O. The molecule has 5 aliphatic carbocycles. The van der Waals surface area contributed by atoms with Crippen molar-refractivity contribution in [3.05, 3.63) is 11.6 Å². The Labute approximate surface area is 543 Å². The van der Waals surface area contributed by atoms with E-state index in [-0.39, 0.29) is 30.6 Å². The topological polar surface area (TPSA) is 492 Å². The van der Waals surface area contributed by atoms with Crippen molar-refractivity contribution in [2.45, 2.75) is 284 Å². The summed E-state index contributed by atoms with van der Waals surface area (Å²) in [5, 5.41) is 200. The van der Waals surface area contributed by atoms with Gasteiger partial charge < -0.3 is 149 Å². The minimum absolute atomic E-state index is 0.0766. The van der Waals surface area contributed by atoms with Gasteiger partial charge in [-0.25, -0.2) is 0 Å². The largest absolute Gasteiger partial charge is 0.432 e. The zero-order valence-corrected chi connectivity index (χ0v) is 54.2. The number of ether oxygens (including phenoxy) is 12. The van der Waals surface area contributed by atoms with Crippen LogP contribution in [0.2, 0.25) is 0 Å². The Hall–Kier alpha value is -1.95.